The zero-order valence-electron chi connectivity index (χ0n) is 6.85. The summed E-state index contributed by atoms with van der Waals surface area (Å²) in [5.41, 5.74) is 0. The van der Waals surface area contributed by atoms with E-state index in [0.29, 0.717) is 5.88 Å². The molecule has 0 atom stereocenters. The summed E-state index contributed by atoms with van der Waals surface area (Å²) in [5, 5.41) is 3.47. The minimum Gasteiger partial charge on any atom is -0.311 e. The van der Waals surface area contributed by atoms with Gasteiger partial charge < -0.3 is 5.32 Å². The van der Waals surface area contributed by atoms with Gasteiger partial charge in [0, 0.05) is 18.5 Å². The fourth-order valence-electron chi connectivity index (χ4n) is 1.51. The lowest BCUT2D eigenvalue weighted by Gasteiger charge is -2.08. The molecule has 0 spiro atoms. The second-order valence-electron chi connectivity index (χ2n) is 3.02. The molecule has 0 aromatic heterocycles. The van der Waals surface area contributed by atoms with Gasteiger partial charge in [0.05, 0.1) is 0 Å². The highest BCUT2D eigenvalue weighted by atomic mass is 35.5. The first-order chi connectivity index (χ1) is 5.43. The van der Waals surface area contributed by atoms with Gasteiger partial charge in [0.15, 0.2) is 0 Å². The van der Waals surface area contributed by atoms with Gasteiger partial charge in [-0.2, -0.15) is 0 Å². The Morgan fingerprint density at radius 3 is 2.64 bits per heavy atom. The van der Waals surface area contributed by atoms with Crippen LogP contribution in [0.15, 0.2) is 12.2 Å². The predicted molar refractivity (Wildman–Crippen MR) is 50.1 cm³/mol. The number of nitrogens with one attached hydrogen (secondary N) is 1. The van der Waals surface area contributed by atoms with E-state index in [-0.39, 0.29) is 0 Å². The lowest BCUT2D eigenvalue weighted by molar-refractivity contribution is 0.556. The number of rotatable bonds is 4. The minimum absolute atomic E-state index is 0.631. The van der Waals surface area contributed by atoms with Gasteiger partial charge in [0.1, 0.15) is 0 Å². The number of alkyl halides is 1. The summed E-state index contributed by atoms with van der Waals surface area (Å²) in [7, 11) is 0. The van der Waals surface area contributed by atoms with Crippen LogP contribution in [0.4, 0.5) is 0 Å². The van der Waals surface area contributed by atoms with Gasteiger partial charge in [-0.25, -0.2) is 0 Å². The van der Waals surface area contributed by atoms with Crippen LogP contribution in [0.2, 0.25) is 0 Å². The van der Waals surface area contributed by atoms with Crippen LogP contribution in [0.1, 0.15) is 25.7 Å². The van der Waals surface area contributed by atoms with Gasteiger partial charge in [-0.1, -0.05) is 25.0 Å². The molecule has 1 aliphatic carbocycles. The summed E-state index contributed by atoms with van der Waals surface area (Å²) in [6, 6.07) is 0.773. The molecular weight excluding hydrogens is 158 g/mol. The first-order valence-electron chi connectivity index (χ1n) is 4.38. The summed E-state index contributed by atoms with van der Waals surface area (Å²) in [5.74, 6) is 0.631. The van der Waals surface area contributed by atoms with Gasteiger partial charge >= 0.3 is 0 Å². The molecule has 0 bridgehead atoms. The van der Waals surface area contributed by atoms with E-state index in [0.717, 1.165) is 12.6 Å². The van der Waals surface area contributed by atoms with Crippen molar-refractivity contribution >= 4 is 11.6 Å². The normalized spacial score (nSPS) is 20.1. The van der Waals surface area contributed by atoms with E-state index in [1.54, 1.807) is 0 Å². The molecule has 1 saturated carbocycles. The quantitative estimate of drug-likeness (QED) is 0.508. The summed E-state index contributed by atoms with van der Waals surface area (Å²) in [4.78, 5) is 0. The Labute approximate surface area is 73.8 Å². The second-order valence-corrected chi connectivity index (χ2v) is 3.32. The lowest BCUT2D eigenvalue weighted by atomic mass is 10.2. The molecule has 11 heavy (non-hydrogen) atoms. The maximum atomic E-state index is 5.48. The van der Waals surface area contributed by atoms with Crippen molar-refractivity contribution < 1.29 is 0 Å². The third kappa shape index (κ3) is 3.78. The largest absolute Gasteiger partial charge is 0.311 e. The second kappa shape index (κ2) is 5.62. The number of hydrogen-bond acceptors (Lipinski definition) is 1. The van der Waals surface area contributed by atoms with Crippen molar-refractivity contribution in [1.82, 2.24) is 5.32 Å². The van der Waals surface area contributed by atoms with Crippen LogP contribution < -0.4 is 5.32 Å². The molecule has 64 valence electrons. The first kappa shape index (κ1) is 9.08. The van der Waals surface area contributed by atoms with Crippen LogP contribution in [0.5, 0.6) is 0 Å². The van der Waals surface area contributed by atoms with E-state index in [1.807, 2.05) is 6.08 Å². The molecule has 1 aliphatic rings. The van der Waals surface area contributed by atoms with Crippen LogP contribution in [0, 0.1) is 0 Å². The molecule has 0 unspecified atom stereocenters. The third-order valence-electron chi connectivity index (χ3n) is 2.14. The fourth-order valence-corrected chi connectivity index (χ4v) is 1.64. The monoisotopic (exact) mass is 173 g/mol. The Bertz CT molecular complexity index is 117. The molecule has 0 amide bonds. The van der Waals surface area contributed by atoms with Crippen molar-refractivity contribution in [2.24, 2.45) is 0 Å². The van der Waals surface area contributed by atoms with Crippen molar-refractivity contribution in [3.8, 4) is 0 Å². The first-order valence-corrected chi connectivity index (χ1v) is 4.91. The standard InChI is InChI=1S/C9H16ClN/c10-7-3-4-8-11-9-5-1-2-6-9/h3-4,9,11H,1-2,5-8H2/b4-3+. The van der Waals surface area contributed by atoms with Crippen molar-refractivity contribution in [2.75, 3.05) is 12.4 Å². The van der Waals surface area contributed by atoms with Crippen LogP contribution in [-0.4, -0.2) is 18.5 Å². The maximum absolute atomic E-state index is 5.48. The Balaban J connectivity index is 1.97. The third-order valence-corrected chi connectivity index (χ3v) is 2.31. The number of halogens is 1. The number of hydrogen-bond donors (Lipinski definition) is 1. The fraction of sp³-hybridized carbons (Fsp3) is 0.778. The van der Waals surface area contributed by atoms with Crippen LogP contribution in [0.3, 0.4) is 0 Å². The van der Waals surface area contributed by atoms with E-state index in [9.17, 15) is 0 Å². The molecule has 1 rings (SSSR count). The van der Waals surface area contributed by atoms with Crippen LogP contribution in [-0.2, 0) is 0 Å². The molecule has 0 aromatic carbocycles. The lowest BCUT2D eigenvalue weighted by Crippen LogP contribution is -2.25. The van der Waals surface area contributed by atoms with Crippen LogP contribution in [0.25, 0.3) is 0 Å². The molecule has 1 N–H and O–H groups in total. The summed E-state index contributed by atoms with van der Waals surface area (Å²) in [6.45, 7) is 0.984. The topological polar surface area (TPSA) is 12.0 Å². The van der Waals surface area contributed by atoms with Gasteiger partial charge in [-0.05, 0) is 12.8 Å². The van der Waals surface area contributed by atoms with E-state index in [4.69, 9.17) is 11.6 Å². The molecule has 1 nitrogen and oxygen atoms in total. The Hall–Kier alpha value is -0.0100. The summed E-state index contributed by atoms with van der Waals surface area (Å²) >= 11 is 5.48. The van der Waals surface area contributed by atoms with Crippen molar-refractivity contribution in [2.45, 2.75) is 31.7 Å². The molecule has 0 heterocycles. The SMILES string of the molecule is ClC/C=C/CNC1CCCC1. The highest BCUT2D eigenvalue weighted by molar-refractivity contribution is 6.18. The molecule has 0 aromatic rings. The molecular formula is C9H16ClN. The zero-order valence-corrected chi connectivity index (χ0v) is 7.61. The Morgan fingerprint density at radius 2 is 2.00 bits per heavy atom. The van der Waals surface area contributed by atoms with E-state index in [2.05, 4.69) is 11.4 Å². The van der Waals surface area contributed by atoms with Gasteiger partial charge in [-0.3, -0.25) is 0 Å². The van der Waals surface area contributed by atoms with Crippen molar-refractivity contribution in [3.05, 3.63) is 12.2 Å². The van der Waals surface area contributed by atoms with Crippen molar-refractivity contribution in [3.63, 3.8) is 0 Å². The molecule has 1 fully saturated rings. The molecule has 0 aliphatic heterocycles. The number of allylic oxidation sites excluding steroid dienone is 1. The smallest absolute Gasteiger partial charge is 0.0404 e. The average molecular weight is 174 g/mol. The summed E-state index contributed by atoms with van der Waals surface area (Å²) in [6.07, 6.45) is 9.60. The van der Waals surface area contributed by atoms with Gasteiger partial charge in [0.2, 0.25) is 0 Å². The predicted octanol–water partition coefficient (Wildman–Crippen LogP) is 2.31. The average Bonchev–Trinajstić information content (AvgIpc) is 2.50. The zero-order chi connectivity index (χ0) is 7.94. The van der Waals surface area contributed by atoms with Gasteiger partial charge in [0.25, 0.3) is 0 Å². The van der Waals surface area contributed by atoms with E-state index < -0.39 is 0 Å². The minimum atomic E-state index is 0.631. The highest BCUT2D eigenvalue weighted by Crippen LogP contribution is 2.17. The van der Waals surface area contributed by atoms with Gasteiger partial charge in [-0.15, -0.1) is 11.6 Å². The molecule has 0 saturated heterocycles. The Kier molecular flexibility index (Phi) is 4.64. The Morgan fingerprint density at radius 1 is 1.27 bits per heavy atom. The van der Waals surface area contributed by atoms with Crippen LogP contribution >= 0.6 is 11.6 Å². The highest BCUT2D eigenvalue weighted by Gasteiger charge is 2.12. The maximum Gasteiger partial charge on any atom is 0.0404 e. The molecule has 0 radical (unpaired) electrons. The van der Waals surface area contributed by atoms with E-state index >= 15 is 0 Å². The summed E-state index contributed by atoms with van der Waals surface area (Å²) < 4.78 is 0. The van der Waals surface area contributed by atoms with E-state index in [1.165, 1.54) is 25.7 Å². The van der Waals surface area contributed by atoms with Crippen molar-refractivity contribution in [1.29, 1.82) is 0 Å². The molecule has 2 heteroatoms.